The summed E-state index contributed by atoms with van der Waals surface area (Å²) in [7, 11) is 0. The minimum Gasteiger partial charge on any atom is -0.488 e. The Bertz CT molecular complexity index is 894. The standard InChI is InChI=1S/C16H15ClF2N4O2S/c1-9-13(24-4-5-25-15(18)19)7-21-16(22-9)23-26-14-8-20-12-6-10(17)2-3-11(12)14/h2-3,6-8,15,20H,4-5H2,1H3,(H,21,22,23). The van der Waals surface area contributed by atoms with E-state index in [0.717, 1.165) is 15.8 Å². The van der Waals surface area contributed by atoms with Crippen LogP contribution in [0.1, 0.15) is 5.69 Å². The molecule has 0 amide bonds. The predicted octanol–water partition coefficient (Wildman–Crippen LogP) is 4.66. The van der Waals surface area contributed by atoms with Gasteiger partial charge in [0, 0.05) is 22.1 Å². The summed E-state index contributed by atoms with van der Waals surface area (Å²) in [5.41, 5.74) is 1.53. The summed E-state index contributed by atoms with van der Waals surface area (Å²) in [6, 6.07) is 5.61. The van der Waals surface area contributed by atoms with Crippen molar-refractivity contribution < 1.29 is 18.3 Å². The lowest BCUT2D eigenvalue weighted by molar-refractivity contribution is -0.133. The molecule has 0 aliphatic carbocycles. The predicted molar refractivity (Wildman–Crippen MR) is 97.0 cm³/mol. The van der Waals surface area contributed by atoms with Crippen molar-refractivity contribution in [3.05, 3.63) is 41.3 Å². The molecule has 2 heterocycles. The third-order valence-corrected chi connectivity index (χ3v) is 4.45. The molecule has 3 rings (SSSR count). The number of hydrogen-bond donors (Lipinski definition) is 2. The maximum atomic E-state index is 11.9. The van der Waals surface area contributed by atoms with E-state index in [0.29, 0.717) is 22.4 Å². The fourth-order valence-corrected chi connectivity index (χ4v) is 3.07. The molecule has 0 fully saturated rings. The number of halogens is 3. The topological polar surface area (TPSA) is 72.1 Å². The molecule has 0 bridgehead atoms. The number of rotatable bonds is 8. The fourth-order valence-electron chi connectivity index (χ4n) is 2.19. The number of benzene rings is 1. The Kier molecular flexibility index (Phi) is 6.12. The second-order valence-electron chi connectivity index (χ2n) is 5.17. The van der Waals surface area contributed by atoms with Crippen LogP contribution in [0, 0.1) is 6.92 Å². The van der Waals surface area contributed by atoms with Gasteiger partial charge in [0.15, 0.2) is 5.75 Å². The molecule has 0 aliphatic rings. The Morgan fingerprint density at radius 1 is 1.35 bits per heavy atom. The zero-order valence-corrected chi connectivity index (χ0v) is 15.2. The van der Waals surface area contributed by atoms with Crippen molar-refractivity contribution in [2.24, 2.45) is 0 Å². The number of H-pyrrole nitrogens is 1. The lowest BCUT2D eigenvalue weighted by Crippen LogP contribution is -2.11. The van der Waals surface area contributed by atoms with E-state index in [1.54, 1.807) is 6.92 Å². The first-order chi connectivity index (χ1) is 12.5. The Hall–Kier alpha value is -2.10. The molecule has 2 aromatic heterocycles. The largest absolute Gasteiger partial charge is 0.488 e. The minimum atomic E-state index is -2.81. The molecule has 0 saturated heterocycles. The van der Waals surface area contributed by atoms with Gasteiger partial charge in [-0.3, -0.25) is 4.72 Å². The molecule has 0 aliphatic heterocycles. The molecule has 6 nitrogen and oxygen atoms in total. The maximum Gasteiger partial charge on any atom is 0.345 e. The van der Waals surface area contributed by atoms with Crippen LogP contribution in [-0.2, 0) is 4.74 Å². The average molecular weight is 401 g/mol. The monoisotopic (exact) mass is 400 g/mol. The summed E-state index contributed by atoms with van der Waals surface area (Å²) >= 11 is 7.34. The number of aromatic amines is 1. The van der Waals surface area contributed by atoms with Gasteiger partial charge in [-0.15, -0.1) is 0 Å². The molecule has 3 aromatic rings. The normalized spacial score (nSPS) is 11.3. The summed E-state index contributed by atoms with van der Waals surface area (Å²) in [4.78, 5) is 12.6. The third kappa shape index (κ3) is 4.75. The maximum absolute atomic E-state index is 11.9. The van der Waals surface area contributed by atoms with E-state index >= 15 is 0 Å². The second-order valence-corrected chi connectivity index (χ2v) is 6.45. The zero-order valence-electron chi connectivity index (χ0n) is 13.6. The van der Waals surface area contributed by atoms with Crippen molar-refractivity contribution >= 4 is 40.4 Å². The van der Waals surface area contributed by atoms with Crippen molar-refractivity contribution in [3.63, 3.8) is 0 Å². The number of fused-ring (bicyclic) bond motifs is 1. The SMILES string of the molecule is Cc1nc(NSc2c[nH]c3cc(Cl)ccc23)ncc1OCCOC(F)F. The van der Waals surface area contributed by atoms with E-state index in [-0.39, 0.29) is 13.2 Å². The summed E-state index contributed by atoms with van der Waals surface area (Å²) in [6.45, 7) is -1.28. The van der Waals surface area contributed by atoms with Gasteiger partial charge in [0.1, 0.15) is 6.61 Å². The highest BCUT2D eigenvalue weighted by Gasteiger charge is 2.09. The highest BCUT2D eigenvalue weighted by atomic mass is 35.5. The number of aryl methyl sites for hydroxylation is 1. The van der Waals surface area contributed by atoms with Crippen LogP contribution in [0.5, 0.6) is 5.75 Å². The van der Waals surface area contributed by atoms with Crippen molar-refractivity contribution in [2.45, 2.75) is 18.4 Å². The Morgan fingerprint density at radius 3 is 2.96 bits per heavy atom. The third-order valence-electron chi connectivity index (χ3n) is 3.38. The van der Waals surface area contributed by atoms with Gasteiger partial charge in [0.25, 0.3) is 0 Å². The first kappa shape index (κ1) is 18.7. The first-order valence-electron chi connectivity index (χ1n) is 7.58. The van der Waals surface area contributed by atoms with E-state index in [1.807, 2.05) is 24.4 Å². The van der Waals surface area contributed by atoms with Crippen LogP contribution in [0.25, 0.3) is 10.9 Å². The Labute approximate surface area is 157 Å². The highest BCUT2D eigenvalue weighted by Crippen LogP contribution is 2.30. The van der Waals surface area contributed by atoms with Gasteiger partial charge < -0.3 is 14.5 Å². The number of hydrogen-bond acceptors (Lipinski definition) is 6. The summed E-state index contributed by atoms with van der Waals surface area (Å²) in [5.74, 6) is 0.826. The molecule has 0 atom stereocenters. The Balaban J connectivity index is 1.59. The molecule has 138 valence electrons. The lowest BCUT2D eigenvalue weighted by atomic mass is 10.2. The molecular weight excluding hydrogens is 386 g/mol. The molecular formula is C16H15ClF2N4O2S. The average Bonchev–Trinajstić information content (AvgIpc) is 3.00. The van der Waals surface area contributed by atoms with Gasteiger partial charge in [-0.2, -0.15) is 8.78 Å². The quantitative estimate of drug-likeness (QED) is 0.423. The van der Waals surface area contributed by atoms with Gasteiger partial charge in [0.2, 0.25) is 5.95 Å². The van der Waals surface area contributed by atoms with Gasteiger partial charge >= 0.3 is 6.61 Å². The molecule has 0 radical (unpaired) electrons. The number of aromatic nitrogens is 3. The molecule has 0 unspecified atom stereocenters. The molecule has 0 saturated carbocycles. The van der Waals surface area contributed by atoms with Crippen LogP contribution in [0.15, 0.2) is 35.5 Å². The highest BCUT2D eigenvalue weighted by molar-refractivity contribution is 8.00. The molecule has 1 aromatic carbocycles. The molecule has 2 N–H and O–H groups in total. The van der Waals surface area contributed by atoms with E-state index in [9.17, 15) is 8.78 Å². The van der Waals surface area contributed by atoms with Crippen LogP contribution in [0.2, 0.25) is 5.02 Å². The van der Waals surface area contributed by atoms with Crippen LogP contribution in [-0.4, -0.2) is 34.8 Å². The van der Waals surface area contributed by atoms with Crippen molar-refractivity contribution in [1.29, 1.82) is 0 Å². The van der Waals surface area contributed by atoms with E-state index < -0.39 is 6.61 Å². The van der Waals surface area contributed by atoms with Crippen LogP contribution >= 0.6 is 23.5 Å². The van der Waals surface area contributed by atoms with Crippen molar-refractivity contribution in [2.75, 3.05) is 17.9 Å². The van der Waals surface area contributed by atoms with Crippen molar-refractivity contribution in [3.8, 4) is 5.75 Å². The minimum absolute atomic E-state index is 0.00599. The molecule has 10 heteroatoms. The number of nitrogens with one attached hydrogen (secondary N) is 2. The Morgan fingerprint density at radius 2 is 2.19 bits per heavy atom. The van der Waals surface area contributed by atoms with Crippen LogP contribution < -0.4 is 9.46 Å². The summed E-state index contributed by atoms with van der Waals surface area (Å²) in [6.07, 6.45) is 3.36. The lowest BCUT2D eigenvalue weighted by Gasteiger charge is -2.10. The second kappa shape index (κ2) is 8.52. The first-order valence-corrected chi connectivity index (χ1v) is 8.78. The number of ether oxygens (including phenoxy) is 2. The van der Waals surface area contributed by atoms with Gasteiger partial charge in [0.05, 0.1) is 23.4 Å². The number of alkyl halides is 2. The van der Waals surface area contributed by atoms with Crippen LogP contribution in [0.3, 0.4) is 0 Å². The van der Waals surface area contributed by atoms with Gasteiger partial charge in [-0.1, -0.05) is 17.7 Å². The van der Waals surface area contributed by atoms with Gasteiger partial charge in [-0.05, 0) is 31.0 Å². The van der Waals surface area contributed by atoms with Crippen molar-refractivity contribution in [1.82, 2.24) is 15.0 Å². The number of nitrogens with zero attached hydrogens (tertiary/aromatic N) is 2. The molecule has 26 heavy (non-hydrogen) atoms. The van der Waals surface area contributed by atoms with Gasteiger partial charge in [-0.25, -0.2) is 9.97 Å². The zero-order chi connectivity index (χ0) is 18.5. The smallest absolute Gasteiger partial charge is 0.345 e. The fraction of sp³-hybridized carbons (Fsp3) is 0.250. The van der Waals surface area contributed by atoms with E-state index in [4.69, 9.17) is 16.3 Å². The number of anilines is 1. The van der Waals surface area contributed by atoms with E-state index in [1.165, 1.54) is 18.1 Å². The van der Waals surface area contributed by atoms with E-state index in [2.05, 4.69) is 24.4 Å². The summed E-state index contributed by atoms with van der Waals surface area (Å²) < 4.78 is 36.3. The van der Waals surface area contributed by atoms with Crippen LogP contribution in [0.4, 0.5) is 14.7 Å². The molecule has 0 spiro atoms. The summed E-state index contributed by atoms with van der Waals surface area (Å²) in [5, 5.41) is 1.69.